The van der Waals surface area contributed by atoms with Crippen LogP contribution in [0.25, 0.3) is 0 Å². The van der Waals surface area contributed by atoms with Crippen molar-refractivity contribution in [2.24, 2.45) is 11.3 Å². The average molecular weight is 211 g/mol. The molecular formula is C14H29N. The molecule has 1 N–H and O–H groups in total. The summed E-state index contributed by atoms with van der Waals surface area (Å²) in [7, 11) is 0. The minimum absolute atomic E-state index is 0.493. The van der Waals surface area contributed by atoms with Gasteiger partial charge < -0.3 is 5.32 Å². The van der Waals surface area contributed by atoms with Crippen molar-refractivity contribution in [1.82, 2.24) is 5.32 Å². The quantitative estimate of drug-likeness (QED) is 0.700. The maximum absolute atomic E-state index is 3.65. The fraction of sp³-hybridized carbons (Fsp3) is 1.00. The molecule has 1 aliphatic rings. The van der Waals surface area contributed by atoms with Gasteiger partial charge in [-0.2, -0.15) is 0 Å². The van der Waals surface area contributed by atoms with Gasteiger partial charge in [-0.25, -0.2) is 0 Å². The van der Waals surface area contributed by atoms with E-state index in [1.807, 2.05) is 0 Å². The van der Waals surface area contributed by atoms with E-state index in [-0.39, 0.29) is 0 Å². The highest BCUT2D eigenvalue weighted by atomic mass is 14.9. The molecule has 1 nitrogen and oxygen atoms in total. The molecule has 0 spiro atoms. The van der Waals surface area contributed by atoms with Crippen molar-refractivity contribution in [3.05, 3.63) is 0 Å². The minimum Gasteiger partial charge on any atom is -0.314 e. The molecule has 0 heterocycles. The Morgan fingerprint density at radius 1 is 1.27 bits per heavy atom. The molecule has 0 saturated heterocycles. The highest BCUT2D eigenvalue weighted by Gasteiger charge is 2.22. The molecule has 0 aromatic rings. The van der Waals surface area contributed by atoms with Gasteiger partial charge in [0.25, 0.3) is 0 Å². The molecule has 0 bridgehead atoms. The second kappa shape index (κ2) is 5.89. The van der Waals surface area contributed by atoms with Crippen LogP contribution < -0.4 is 5.32 Å². The molecule has 0 aromatic heterocycles. The Morgan fingerprint density at radius 3 is 2.33 bits per heavy atom. The van der Waals surface area contributed by atoms with Gasteiger partial charge in [-0.15, -0.1) is 0 Å². The molecule has 1 atom stereocenters. The fourth-order valence-corrected chi connectivity index (χ4v) is 2.33. The van der Waals surface area contributed by atoms with Crippen LogP contribution in [-0.4, -0.2) is 12.6 Å². The lowest BCUT2D eigenvalue weighted by molar-refractivity contribution is 0.239. The highest BCUT2D eigenvalue weighted by Crippen LogP contribution is 2.32. The van der Waals surface area contributed by atoms with Crippen molar-refractivity contribution in [3.8, 4) is 0 Å². The van der Waals surface area contributed by atoms with E-state index in [4.69, 9.17) is 0 Å². The van der Waals surface area contributed by atoms with Gasteiger partial charge in [0.15, 0.2) is 0 Å². The lowest BCUT2D eigenvalue weighted by Gasteiger charge is -2.31. The Kier molecular flexibility index (Phi) is 5.11. The van der Waals surface area contributed by atoms with Crippen molar-refractivity contribution < 1.29 is 0 Å². The van der Waals surface area contributed by atoms with Crippen LogP contribution >= 0.6 is 0 Å². The van der Waals surface area contributed by atoms with E-state index >= 15 is 0 Å². The number of rotatable bonds is 6. The van der Waals surface area contributed by atoms with Gasteiger partial charge in [0, 0.05) is 6.04 Å². The first kappa shape index (κ1) is 13.0. The van der Waals surface area contributed by atoms with Gasteiger partial charge in [-0.05, 0) is 37.1 Å². The molecule has 1 unspecified atom stereocenters. The first-order valence-electron chi connectivity index (χ1n) is 6.74. The average Bonchev–Trinajstić information content (AvgIpc) is 2.05. The zero-order valence-corrected chi connectivity index (χ0v) is 11.1. The predicted octanol–water partition coefficient (Wildman–Crippen LogP) is 3.98. The molecule has 0 aliphatic heterocycles. The summed E-state index contributed by atoms with van der Waals surface area (Å²) in [6, 6.07) is 0.777. The summed E-state index contributed by atoms with van der Waals surface area (Å²) in [5.74, 6) is 1.04. The van der Waals surface area contributed by atoms with Gasteiger partial charge in [-0.3, -0.25) is 0 Å². The Hall–Kier alpha value is -0.0400. The molecule has 1 saturated carbocycles. The maximum atomic E-state index is 3.65. The first-order valence-corrected chi connectivity index (χ1v) is 6.74. The topological polar surface area (TPSA) is 12.0 Å². The van der Waals surface area contributed by atoms with Crippen LogP contribution in [0.4, 0.5) is 0 Å². The molecule has 0 radical (unpaired) electrons. The Labute approximate surface area is 96.0 Å². The third-order valence-electron chi connectivity index (χ3n) is 3.58. The molecule has 90 valence electrons. The van der Waals surface area contributed by atoms with Gasteiger partial charge in [-0.1, -0.05) is 47.0 Å². The van der Waals surface area contributed by atoms with Crippen LogP contribution in [-0.2, 0) is 0 Å². The number of hydrogen-bond acceptors (Lipinski definition) is 1. The largest absolute Gasteiger partial charge is 0.314 e. The SMILES string of the molecule is CCNC(CCC(C)(C)C)CC1CCC1. The van der Waals surface area contributed by atoms with Gasteiger partial charge in [0.1, 0.15) is 0 Å². The van der Waals surface area contributed by atoms with E-state index in [1.54, 1.807) is 0 Å². The highest BCUT2D eigenvalue weighted by molar-refractivity contribution is 4.78. The van der Waals surface area contributed by atoms with Crippen LogP contribution in [0.2, 0.25) is 0 Å². The predicted molar refractivity (Wildman–Crippen MR) is 68.1 cm³/mol. The maximum Gasteiger partial charge on any atom is 0.00697 e. The van der Waals surface area contributed by atoms with E-state index in [2.05, 4.69) is 33.0 Å². The summed E-state index contributed by atoms with van der Waals surface area (Å²) < 4.78 is 0. The molecule has 1 aliphatic carbocycles. The van der Waals surface area contributed by atoms with Gasteiger partial charge >= 0.3 is 0 Å². The van der Waals surface area contributed by atoms with Crippen molar-refractivity contribution in [2.45, 2.75) is 72.3 Å². The van der Waals surface area contributed by atoms with Crippen LogP contribution in [0.5, 0.6) is 0 Å². The summed E-state index contributed by atoms with van der Waals surface area (Å²) in [6.07, 6.45) is 8.56. The zero-order valence-electron chi connectivity index (χ0n) is 11.1. The van der Waals surface area contributed by atoms with E-state index in [0.717, 1.165) is 18.5 Å². The third-order valence-corrected chi connectivity index (χ3v) is 3.58. The van der Waals surface area contributed by atoms with Crippen molar-refractivity contribution in [2.75, 3.05) is 6.54 Å². The number of nitrogens with one attached hydrogen (secondary N) is 1. The minimum atomic E-state index is 0.493. The molecule has 1 fully saturated rings. The van der Waals surface area contributed by atoms with E-state index in [1.165, 1.54) is 38.5 Å². The fourth-order valence-electron chi connectivity index (χ4n) is 2.33. The lowest BCUT2D eigenvalue weighted by atomic mass is 9.79. The number of hydrogen-bond donors (Lipinski definition) is 1. The van der Waals surface area contributed by atoms with E-state index in [0.29, 0.717) is 5.41 Å². The van der Waals surface area contributed by atoms with E-state index < -0.39 is 0 Å². The molecule has 0 amide bonds. The summed E-state index contributed by atoms with van der Waals surface area (Å²) in [4.78, 5) is 0. The van der Waals surface area contributed by atoms with Crippen LogP contribution in [0, 0.1) is 11.3 Å². The Morgan fingerprint density at radius 2 is 1.93 bits per heavy atom. The Bertz CT molecular complexity index is 165. The van der Waals surface area contributed by atoms with Gasteiger partial charge in [0.2, 0.25) is 0 Å². The zero-order chi connectivity index (χ0) is 11.3. The monoisotopic (exact) mass is 211 g/mol. The summed E-state index contributed by atoms with van der Waals surface area (Å²) in [5, 5.41) is 3.65. The normalized spacial score (nSPS) is 20.0. The second-order valence-corrected chi connectivity index (χ2v) is 6.39. The summed E-state index contributed by atoms with van der Waals surface area (Å²) >= 11 is 0. The van der Waals surface area contributed by atoms with Crippen LogP contribution in [0.3, 0.4) is 0 Å². The molecule has 1 heteroatoms. The molecular weight excluding hydrogens is 182 g/mol. The summed E-state index contributed by atoms with van der Waals surface area (Å²) in [6.45, 7) is 10.4. The van der Waals surface area contributed by atoms with Crippen LogP contribution in [0.1, 0.15) is 66.2 Å². The van der Waals surface area contributed by atoms with Crippen molar-refractivity contribution in [1.29, 1.82) is 0 Å². The van der Waals surface area contributed by atoms with Crippen molar-refractivity contribution in [3.63, 3.8) is 0 Å². The summed E-state index contributed by atoms with van der Waals surface area (Å²) in [5.41, 5.74) is 0.493. The second-order valence-electron chi connectivity index (χ2n) is 6.39. The Balaban J connectivity index is 2.22. The smallest absolute Gasteiger partial charge is 0.00697 e. The van der Waals surface area contributed by atoms with E-state index in [9.17, 15) is 0 Å². The third kappa shape index (κ3) is 5.55. The standard InChI is InChI=1S/C14H29N/c1-5-15-13(9-10-14(2,3)4)11-12-7-6-8-12/h12-13,15H,5-11H2,1-4H3. The molecule has 0 aromatic carbocycles. The molecule has 15 heavy (non-hydrogen) atoms. The van der Waals surface area contributed by atoms with Gasteiger partial charge in [0.05, 0.1) is 0 Å². The lowest BCUT2D eigenvalue weighted by Crippen LogP contribution is -2.33. The molecule has 1 rings (SSSR count). The van der Waals surface area contributed by atoms with Crippen LogP contribution in [0.15, 0.2) is 0 Å². The first-order chi connectivity index (χ1) is 7.01. The van der Waals surface area contributed by atoms with Crippen molar-refractivity contribution >= 4 is 0 Å².